The summed E-state index contributed by atoms with van der Waals surface area (Å²) in [5.74, 6) is -59.3. The third-order valence-corrected chi connectivity index (χ3v) is 18.7. The van der Waals surface area contributed by atoms with Crippen LogP contribution in [-0.2, 0) is 42.9 Å². The first-order valence-electron chi connectivity index (χ1n) is 38.9. The second-order valence-corrected chi connectivity index (χ2v) is 25.0. The number of aliphatic hydroxyl groups is 15. The predicted octanol–water partition coefficient (Wildman–Crippen LogP) is 5.04. The van der Waals surface area contributed by atoms with Gasteiger partial charge in [-0.1, -0.05) is 117 Å². The fourth-order valence-electron chi connectivity index (χ4n) is 13.3. The van der Waals surface area contributed by atoms with Crippen LogP contribution in [0.5, 0.6) is 69.0 Å². The maximum Gasteiger partial charge on any atom is 0.339 e. The Kier molecular flexibility index (Phi) is 44.3. The maximum absolute atomic E-state index is 13.6. The van der Waals surface area contributed by atoms with Crippen LogP contribution < -0.4 is 0 Å². The lowest BCUT2D eigenvalue weighted by Crippen LogP contribution is -2.52. The molecule has 125 heavy (non-hydrogen) atoms. The summed E-state index contributed by atoms with van der Waals surface area (Å²) in [5, 5.41) is 333. The van der Waals surface area contributed by atoms with Gasteiger partial charge in [0.05, 0.1) is 75.5 Å². The van der Waals surface area contributed by atoms with E-state index in [4.69, 9.17) is 18.9 Å². The van der Waals surface area contributed by atoms with Crippen LogP contribution in [0.1, 0.15) is 211 Å². The summed E-state index contributed by atoms with van der Waals surface area (Å²) in [7, 11) is 0. The van der Waals surface area contributed by atoms with Crippen molar-refractivity contribution in [2.24, 2.45) is 23.7 Å². The molecule has 0 bridgehead atoms. The molecule has 8 unspecified atom stereocenters. The van der Waals surface area contributed by atoms with Crippen LogP contribution in [0.15, 0.2) is 70.5 Å². The first-order chi connectivity index (χ1) is 58.7. The van der Waals surface area contributed by atoms with Crippen LogP contribution in [0.3, 0.4) is 0 Å². The van der Waals surface area contributed by atoms with E-state index < -0.39 is 348 Å². The molecule has 4 aromatic rings. The van der Waals surface area contributed by atoms with Crippen LogP contribution in [0.4, 0.5) is 0 Å². The predicted molar refractivity (Wildman–Crippen MR) is 427 cm³/mol. The summed E-state index contributed by atoms with van der Waals surface area (Å²) in [6.45, 7) is 29.3. The number of aromatic carboxylic acids is 2. The largest absolute Gasteiger partial charge is 0.508 e. The molecule has 1 heterocycles. The number of ether oxygens (including phenoxy) is 4. The summed E-state index contributed by atoms with van der Waals surface area (Å²) >= 11 is 0. The van der Waals surface area contributed by atoms with Gasteiger partial charge in [0.15, 0.2) is 87.3 Å². The number of aliphatic hydroxyl groups excluding tert-OH is 15. The molecule has 702 valence electrons. The van der Waals surface area contributed by atoms with Crippen molar-refractivity contribution in [3.05, 3.63) is 115 Å². The number of aliphatic carboxylic acids is 3. The molecule has 19 atom stereocenters. The number of aromatic hydroxyl groups is 12. The minimum Gasteiger partial charge on any atom is -0.508 e. The molecular formula is C80H112O45. The standard InChI is InChI=1S/C37H38O26.C27H26O19.8C2H6/c38-9-2-6(33(54)55)13(24(45)22(9)43)14-7(3-10(39)23(44)25(14)46)37(62)63-4-11(40)15-19(36(60)61)17(29(50)32(53)27(15)48)16-18(35(58)59)12(26(47)31(52)28(16)49)5-1-8(34(56)57)21(42)30(51)20(5)41;28-9-1-6(2-10(29)16(9)32)25(41)45-13-5-44-26(42)7-3-11(30)17(33)19(35)14(7)15-8(4-12(31)18(34)20(15)36)27(43)46-23(13)21(37)22(38)24(39)40;8*1-2/h1-2,5,7,10-11,14-15,17,19-21,27,30,38-53H,3-4H2,(H,54,55)(H,56,57)(H,58,59)(H,60,61);1-2,4,7,11,13-14,21-23,28-38H,3,5H2,(H,39,40);8*1-2H3/t5-,7?,10+,11-,14+,15+,17-,19?,20?,21-,27+,30+;7?,11-,13?,14-,21?,22?,23?;;;;;;;;/m01......../s1. The molecule has 0 radical (unpaired) electrons. The number of phenolic OH excluding ortho intramolecular Hbond substituents is 12. The van der Waals surface area contributed by atoms with E-state index in [1.807, 2.05) is 111 Å². The number of rotatable bonds is 16. The molecule has 0 saturated carbocycles. The lowest BCUT2D eigenvalue weighted by molar-refractivity contribution is -0.171. The molecule has 4 aromatic carbocycles. The van der Waals surface area contributed by atoms with Gasteiger partial charge in [-0.25, -0.2) is 28.8 Å². The molecule has 0 amide bonds. The van der Waals surface area contributed by atoms with E-state index in [-0.39, 0.29) is 0 Å². The minimum atomic E-state index is -2.77. The van der Waals surface area contributed by atoms with Crippen LogP contribution in [0, 0.1) is 23.7 Å². The van der Waals surface area contributed by atoms with Gasteiger partial charge in [-0.2, -0.15) is 0 Å². The highest BCUT2D eigenvalue weighted by molar-refractivity contribution is 5.98. The van der Waals surface area contributed by atoms with Crippen LogP contribution in [-0.4, -0.2) is 297 Å². The lowest BCUT2D eigenvalue weighted by Gasteiger charge is -2.41. The molecule has 45 nitrogen and oxygen atoms in total. The summed E-state index contributed by atoms with van der Waals surface area (Å²) < 4.78 is 20.6. The van der Waals surface area contributed by atoms with Crippen LogP contribution in [0.25, 0.3) is 0 Å². The number of benzene rings is 4. The fourth-order valence-corrected chi connectivity index (χ4v) is 13.3. The zero-order valence-electron chi connectivity index (χ0n) is 70.3. The molecule has 0 spiro atoms. The number of carbonyl (C=O) groups is 9. The smallest absolute Gasteiger partial charge is 0.339 e. The number of hydrogen-bond donors (Lipinski definition) is 32. The van der Waals surface area contributed by atoms with Crippen molar-refractivity contribution < 1.29 is 226 Å². The average Bonchev–Trinajstić information content (AvgIpc) is 0.908. The van der Waals surface area contributed by atoms with Gasteiger partial charge in [-0.15, -0.1) is 0 Å². The van der Waals surface area contributed by atoms with Crippen LogP contribution >= 0.6 is 0 Å². The number of carboxylic acid groups (broad SMARTS) is 5. The third-order valence-electron chi connectivity index (χ3n) is 18.7. The van der Waals surface area contributed by atoms with E-state index in [9.17, 15) is 207 Å². The zero-order valence-corrected chi connectivity index (χ0v) is 70.3. The SMILES string of the molecule is CC.CC.CC.CC.CC.CC.CC.CC.O=C(O)C1=C[C@@H](c2c(O)c(O)c(O)c([C@@H]3C(O)=C(O)[C@H](O)[C@H]([C@@H](O)COC(=O)C4C[C@@H](O)C(O)=C(O)[C@H]4c4c(C(=O)O)cc(O)c(O)c4O)C3C(=O)O)c2C(=O)O)C(O)[C@@H](O)[C@H]1O.O=C(OC1COC(=O)C2C[C@@H](O)C(O)=C(O)[C@H]2c2c(cc(O)c(O)c2O)C(=O)OC1C(O)C(O)C(=O)O)c1cc(O)c(O)c(O)c1. The Morgan fingerprint density at radius 2 is 0.912 bits per heavy atom. The second kappa shape index (κ2) is 49.4. The molecule has 0 saturated heterocycles. The van der Waals surface area contributed by atoms with Crippen molar-refractivity contribution in [3.8, 4) is 69.0 Å². The van der Waals surface area contributed by atoms with Crippen molar-refractivity contribution in [1.82, 2.24) is 0 Å². The fraction of sp³-hybridized carbons (Fsp3) is 0.487. The Balaban J connectivity index is 0.00000219. The molecule has 45 heteroatoms. The Morgan fingerprint density at radius 1 is 0.464 bits per heavy atom. The number of fused-ring (bicyclic) bond motifs is 3. The topological polar surface area (TPSA) is 838 Å². The average molecular weight is 1790 g/mol. The summed E-state index contributed by atoms with van der Waals surface area (Å²) in [6, 6.07) is 2.04. The molecular weight excluding hydrogens is 1680 g/mol. The molecule has 9 rings (SSSR count). The van der Waals surface area contributed by atoms with Gasteiger partial charge in [0, 0.05) is 34.1 Å². The van der Waals surface area contributed by atoms with E-state index in [1.165, 1.54) is 0 Å². The number of hydrogen-bond acceptors (Lipinski definition) is 40. The number of esters is 4. The maximum atomic E-state index is 13.6. The first-order valence-corrected chi connectivity index (χ1v) is 38.9. The van der Waals surface area contributed by atoms with E-state index in [2.05, 4.69) is 0 Å². The highest BCUT2D eigenvalue weighted by atomic mass is 16.6. The van der Waals surface area contributed by atoms with Gasteiger partial charge in [-0.3, -0.25) is 14.4 Å². The molecule has 0 aromatic heterocycles. The monoisotopic (exact) mass is 1790 g/mol. The van der Waals surface area contributed by atoms with Crippen molar-refractivity contribution in [2.45, 2.75) is 214 Å². The van der Waals surface area contributed by atoms with Crippen LogP contribution in [0.2, 0.25) is 0 Å². The zero-order chi connectivity index (χ0) is 97.9. The van der Waals surface area contributed by atoms with Crippen molar-refractivity contribution in [2.75, 3.05) is 13.2 Å². The molecule has 4 aliphatic carbocycles. The summed E-state index contributed by atoms with van der Waals surface area (Å²) in [6.07, 6.45) is -28.0. The number of allylic oxidation sites excluding steroid dienone is 3. The van der Waals surface area contributed by atoms with Gasteiger partial charge in [-0.05, 0) is 37.1 Å². The van der Waals surface area contributed by atoms with E-state index in [0.29, 0.717) is 30.3 Å². The molecule has 32 N–H and O–H groups in total. The van der Waals surface area contributed by atoms with Crippen molar-refractivity contribution in [3.63, 3.8) is 0 Å². The minimum absolute atomic E-state index is 0.385. The number of carboxylic acids is 5. The molecule has 0 fully saturated rings. The number of carbonyl (C=O) groups excluding carboxylic acids is 4. The number of phenols is 12. The normalized spacial score (nSPS) is 24.2. The summed E-state index contributed by atoms with van der Waals surface area (Å²) in [4.78, 5) is 115. The Morgan fingerprint density at radius 3 is 1.38 bits per heavy atom. The quantitative estimate of drug-likeness (QED) is 0.0397. The number of cyclic esters (lactones) is 2. The van der Waals surface area contributed by atoms with Gasteiger partial charge >= 0.3 is 53.7 Å². The van der Waals surface area contributed by atoms with E-state index in [0.717, 1.165) is 0 Å². The summed E-state index contributed by atoms with van der Waals surface area (Å²) in [5.41, 5.74) is -9.99. The first kappa shape index (κ1) is 112. The second-order valence-electron chi connectivity index (χ2n) is 25.0. The van der Waals surface area contributed by atoms with Crippen molar-refractivity contribution in [1.29, 1.82) is 0 Å². The highest BCUT2D eigenvalue weighted by Gasteiger charge is 2.57. The van der Waals surface area contributed by atoms with E-state index in [1.54, 1.807) is 0 Å². The van der Waals surface area contributed by atoms with Gasteiger partial charge in [0.25, 0.3) is 0 Å². The lowest BCUT2D eigenvalue weighted by atomic mass is 9.66. The molecule has 1 aliphatic heterocycles. The van der Waals surface area contributed by atoms with Gasteiger partial charge in [0.1, 0.15) is 67.1 Å². The van der Waals surface area contributed by atoms with Gasteiger partial charge in [0.2, 0.25) is 17.2 Å². The molecule has 5 aliphatic rings. The van der Waals surface area contributed by atoms with Gasteiger partial charge < -0.3 is 182 Å². The third kappa shape index (κ3) is 23.5. The van der Waals surface area contributed by atoms with E-state index >= 15 is 0 Å². The Labute approximate surface area is 712 Å². The Hall–Kier alpha value is -12.9. The Bertz CT molecular complexity index is 4550. The van der Waals surface area contributed by atoms with Crippen molar-refractivity contribution >= 4 is 53.7 Å². The highest BCUT2D eigenvalue weighted by Crippen LogP contribution is 2.58.